The number of benzene rings is 1. The smallest absolute Gasteiger partial charge is 0.251 e. The predicted molar refractivity (Wildman–Crippen MR) is 64.6 cm³/mol. The molecule has 3 nitrogen and oxygen atoms in total. The van der Waals surface area contributed by atoms with Crippen molar-refractivity contribution in [3.05, 3.63) is 35.4 Å². The Morgan fingerprint density at radius 2 is 2.31 bits per heavy atom. The number of aryl methyl sites for hydroxylation is 1. The summed E-state index contributed by atoms with van der Waals surface area (Å²) in [5.41, 5.74) is 1.93. The molecule has 1 saturated heterocycles. The topological polar surface area (TPSA) is 41.1 Å². The van der Waals surface area contributed by atoms with E-state index in [0.717, 1.165) is 37.1 Å². The molecule has 1 aromatic carbocycles. The first-order valence-electron chi connectivity index (χ1n) is 5.90. The zero-order chi connectivity index (χ0) is 11.4. The first-order chi connectivity index (χ1) is 7.81. The number of carbonyl (C=O) groups is 1. The van der Waals surface area contributed by atoms with Crippen molar-refractivity contribution in [2.45, 2.75) is 25.8 Å². The molecular weight excluding hydrogens is 200 g/mol. The highest BCUT2D eigenvalue weighted by atomic mass is 16.1. The minimum atomic E-state index is 0.0613. The van der Waals surface area contributed by atoms with Crippen LogP contribution in [0.25, 0.3) is 0 Å². The predicted octanol–water partition coefficient (Wildman–Crippen LogP) is 1.34. The van der Waals surface area contributed by atoms with Crippen LogP contribution in [-0.4, -0.2) is 25.0 Å². The van der Waals surface area contributed by atoms with Crippen molar-refractivity contribution in [3.8, 4) is 0 Å². The van der Waals surface area contributed by atoms with Gasteiger partial charge in [-0.2, -0.15) is 0 Å². The van der Waals surface area contributed by atoms with Crippen LogP contribution in [0.1, 0.15) is 29.3 Å². The Morgan fingerprint density at radius 3 is 3.00 bits per heavy atom. The molecule has 0 aromatic heterocycles. The molecule has 16 heavy (non-hydrogen) atoms. The van der Waals surface area contributed by atoms with E-state index in [1.807, 2.05) is 24.3 Å². The highest BCUT2D eigenvalue weighted by Crippen LogP contribution is 2.10. The summed E-state index contributed by atoms with van der Waals surface area (Å²) < 4.78 is 0. The van der Waals surface area contributed by atoms with E-state index in [2.05, 4.69) is 17.6 Å². The SMILES string of the molecule is CCc1ccccc1C(=O)NC1CCNC1. The van der Waals surface area contributed by atoms with E-state index in [9.17, 15) is 4.79 Å². The lowest BCUT2D eigenvalue weighted by Crippen LogP contribution is -2.36. The summed E-state index contributed by atoms with van der Waals surface area (Å²) in [4.78, 5) is 12.0. The molecule has 3 heteroatoms. The minimum absolute atomic E-state index is 0.0613. The molecule has 0 aliphatic carbocycles. The van der Waals surface area contributed by atoms with Crippen LogP contribution in [0.15, 0.2) is 24.3 Å². The van der Waals surface area contributed by atoms with Gasteiger partial charge in [-0.05, 0) is 31.0 Å². The molecule has 1 aliphatic rings. The Hall–Kier alpha value is -1.35. The van der Waals surface area contributed by atoms with Gasteiger partial charge in [-0.1, -0.05) is 25.1 Å². The summed E-state index contributed by atoms with van der Waals surface area (Å²) in [7, 11) is 0. The number of hydrogen-bond donors (Lipinski definition) is 2. The molecule has 1 atom stereocenters. The van der Waals surface area contributed by atoms with Crippen molar-refractivity contribution in [1.29, 1.82) is 0 Å². The standard InChI is InChI=1S/C13H18N2O/c1-2-10-5-3-4-6-12(10)13(16)15-11-7-8-14-9-11/h3-6,11,14H,2,7-9H2,1H3,(H,15,16). The molecule has 2 rings (SSSR count). The molecule has 2 N–H and O–H groups in total. The average molecular weight is 218 g/mol. The summed E-state index contributed by atoms with van der Waals surface area (Å²) in [6.45, 7) is 3.96. The molecule has 86 valence electrons. The fourth-order valence-corrected chi connectivity index (χ4v) is 2.09. The maximum atomic E-state index is 12.0. The van der Waals surface area contributed by atoms with E-state index in [4.69, 9.17) is 0 Å². The highest BCUT2D eigenvalue weighted by molar-refractivity contribution is 5.95. The van der Waals surface area contributed by atoms with Crippen LogP contribution in [0.4, 0.5) is 0 Å². The third-order valence-corrected chi connectivity index (χ3v) is 3.04. The van der Waals surface area contributed by atoms with Crippen molar-refractivity contribution in [3.63, 3.8) is 0 Å². The summed E-state index contributed by atoms with van der Waals surface area (Å²) in [6.07, 6.45) is 1.92. The molecular formula is C13H18N2O. The molecule has 1 heterocycles. The second kappa shape index (κ2) is 5.12. The summed E-state index contributed by atoms with van der Waals surface area (Å²) >= 11 is 0. The van der Waals surface area contributed by atoms with Gasteiger partial charge in [-0.25, -0.2) is 0 Å². The normalized spacial score (nSPS) is 19.7. The van der Waals surface area contributed by atoms with Gasteiger partial charge in [0.2, 0.25) is 0 Å². The Labute approximate surface area is 96.2 Å². The third-order valence-electron chi connectivity index (χ3n) is 3.04. The number of carbonyl (C=O) groups excluding carboxylic acids is 1. The van der Waals surface area contributed by atoms with E-state index in [1.54, 1.807) is 0 Å². The second-order valence-corrected chi connectivity index (χ2v) is 4.17. The van der Waals surface area contributed by atoms with Crippen molar-refractivity contribution >= 4 is 5.91 Å². The van der Waals surface area contributed by atoms with E-state index in [-0.39, 0.29) is 11.9 Å². The lowest BCUT2D eigenvalue weighted by Gasteiger charge is -2.13. The molecule has 0 bridgehead atoms. The summed E-state index contributed by atoms with van der Waals surface area (Å²) in [6, 6.07) is 8.10. The maximum Gasteiger partial charge on any atom is 0.251 e. The van der Waals surface area contributed by atoms with Gasteiger partial charge in [0.05, 0.1) is 0 Å². The van der Waals surface area contributed by atoms with Crippen molar-refractivity contribution < 1.29 is 4.79 Å². The van der Waals surface area contributed by atoms with Crippen LogP contribution in [0, 0.1) is 0 Å². The largest absolute Gasteiger partial charge is 0.348 e. The number of hydrogen-bond acceptors (Lipinski definition) is 2. The molecule has 1 fully saturated rings. The molecule has 1 unspecified atom stereocenters. The average Bonchev–Trinajstić information content (AvgIpc) is 2.81. The Bertz CT molecular complexity index is 370. The maximum absolute atomic E-state index is 12.0. The lowest BCUT2D eigenvalue weighted by atomic mass is 10.0. The van der Waals surface area contributed by atoms with E-state index >= 15 is 0 Å². The monoisotopic (exact) mass is 218 g/mol. The zero-order valence-electron chi connectivity index (χ0n) is 9.62. The van der Waals surface area contributed by atoms with Crippen LogP contribution in [0.2, 0.25) is 0 Å². The molecule has 0 saturated carbocycles. The molecule has 1 amide bonds. The minimum Gasteiger partial charge on any atom is -0.348 e. The van der Waals surface area contributed by atoms with Gasteiger partial charge in [0, 0.05) is 18.2 Å². The van der Waals surface area contributed by atoms with Crippen molar-refractivity contribution in [2.24, 2.45) is 0 Å². The van der Waals surface area contributed by atoms with Crippen LogP contribution in [0.3, 0.4) is 0 Å². The highest BCUT2D eigenvalue weighted by Gasteiger charge is 2.18. The molecule has 0 radical (unpaired) electrons. The Kier molecular flexibility index (Phi) is 3.57. The van der Waals surface area contributed by atoms with Gasteiger partial charge in [0.25, 0.3) is 5.91 Å². The number of amides is 1. The van der Waals surface area contributed by atoms with Crippen LogP contribution in [-0.2, 0) is 6.42 Å². The van der Waals surface area contributed by atoms with Crippen LogP contribution >= 0.6 is 0 Å². The molecule has 0 spiro atoms. The van der Waals surface area contributed by atoms with Crippen molar-refractivity contribution in [1.82, 2.24) is 10.6 Å². The number of rotatable bonds is 3. The van der Waals surface area contributed by atoms with Gasteiger partial charge in [-0.15, -0.1) is 0 Å². The Morgan fingerprint density at radius 1 is 1.50 bits per heavy atom. The van der Waals surface area contributed by atoms with Crippen molar-refractivity contribution in [2.75, 3.05) is 13.1 Å². The summed E-state index contributed by atoms with van der Waals surface area (Å²) in [5.74, 6) is 0.0613. The van der Waals surface area contributed by atoms with Gasteiger partial charge >= 0.3 is 0 Å². The van der Waals surface area contributed by atoms with Crippen LogP contribution < -0.4 is 10.6 Å². The van der Waals surface area contributed by atoms with E-state index < -0.39 is 0 Å². The fourth-order valence-electron chi connectivity index (χ4n) is 2.09. The fraction of sp³-hybridized carbons (Fsp3) is 0.462. The van der Waals surface area contributed by atoms with Crippen LogP contribution in [0.5, 0.6) is 0 Å². The summed E-state index contributed by atoms with van der Waals surface area (Å²) in [5, 5.41) is 6.31. The lowest BCUT2D eigenvalue weighted by molar-refractivity contribution is 0.0939. The first-order valence-corrected chi connectivity index (χ1v) is 5.90. The van der Waals surface area contributed by atoms with Gasteiger partial charge in [0.1, 0.15) is 0 Å². The second-order valence-electron chi connectivity index (χ2n) is 4.17. The quantitative estimate of drug-likeness (QED) is 0.804. The molecule has 1 aromatic rings. The Balaban J connectivity index is 2.07. The first kappa shape index (κ1) is 11.1. The van der Waals surface area contributed by atoms with E-state index in [1.165, 1.54) is 0 Å². The van der Waals surface area contributed by atoms with E-state index in [0.29, 0.717) is 0 Å². The van der Waals surface area contributed by atoms with Gasteiger partial charge < -0.3 is 10.6 Å². The van der Waals surface area contributed by atoms with Gasteiger partial charge in [-0.3, -0.25) is 4.79 Å². The zero-order valence-corrected chi connectivity index (χ0v) is 9.62. The molecule has 1 aliphatic heterocycles. The third kappa shape index (κ3) is 2.42. The van der Waals surface area contributed by atoms with Gasteiger partial charge in [0.15, 0.2) is 0 Å². The number of nitrogens with one attached hydrogen (secondary N) is 2.